The lowest BCUT2D eigenvalue weighted by atomic mass is 10.2. The monoisotopic (exact) mass is 161 g/mol. The molecule has 66 valence electrons. The van der Waals surface area contributed by atoms with E-state index in [2.05, 4.69) is 0 Å². The average Bonchev–Trinajstić information content (AvgIpc) is 1.79. The molecule has 0 aliphatic heterocycles. The molecule has 0 atom stereocenters. The van der Waals surface area contributed by atoms with Gasteiger partial charge < -0.3 is 17.6 Å². The molecule has 0 aromatic rings. The molecule has 0 aromatic carbocycles. The second kappa shape index (κ2) is 7.01. The summed E-state index contributed by atoms with van der Waals surface area (Å²) in [5.41, 5.74) is 9.71. The second-order valence-corrected chi connectivity index (χ2v) is 2.14. The molecular formula is C6H15N3O2. The molecule has 2 amide bonds. The summed E-state index contributed by atoms with van der Waals surface area (Å²) >= 11 is 0. The Hall–Kier alpha value is -1.10. The number of hydrogen-bond acceptors (Lipinski definition) is 3. The van der Waals surface area contributed by atoms with Gasteiger partial charge in [0, 0.05) is 12.8 Å². The first-order valence-corrected chi connectivity index (χ1v) is 3.19. The topological polar surface area (TPSA) is 121 Å². The van der Waals surface area contributed by atoms with Crippen LogP contribution in [0.4, 0.5) is 0 Å². The molecule has 7 N–H and O–H groups in total. The molecule has 5 heteroatoms. The number of amides is 2. The molecule has 11 heavy (non-hydrogen) atoms. The number of unbranched alkanes of at least 4 members (excludes halogenated alkanes) is 1. The van der Waals surface area contributed by atoms with E-state index in [1.54, 1.807) is 0 Å². The predicted molar refractivity (Wildman–Crippen MR) is 41.9 cm³/mol. The fourth-order valence-electron chi connectivity index (χ4n) is 0.598. The average molecular weight is 161 g/mol. The highest BCUT2D eigenvalue weighted by Crippen LogP contribution is 1.97. The lowest BCUT2D eigenvalue weighted by Crippen LogP contribution is -2.12. The van der Waals surface area contributed by atoms with Gasteiger partial charge >= 0.3 is 0 Å². The fraction of sp³-hybridized carbons (Fsp3) is 0.667. The first kappa shape index (κ1) is 12.6. The van der Waals surface area contributed by atoms with Crippen molar-refractivity contribution in [2.45, 2.75) is 25.7 Å². The van der Waals surface area contributed by atoms with Crippen LogP contribution in [0.25, 0.3) is 0 Å². The largest absolute Gasteiger partial charge is 0.370 e. The molecule has 0 bridgehead atoms. The smallest absolute Gasteiger partial charge is 0.217 e. The van der Waals surface area contributed by atoms with Crippen molar-refractivity contribution in [3.8, 4) is 0 Å². The Labute approximate surface area is 65.7 Å². The van der Waals surface area contributed by atoms with Crippen molar-refractivity contribution in [2.24, 2.45) is 11.5 Å². The summed E-state index contributed by atoms with van der Waals surface area (Å²) in [4.78, 5) is 20.3. The van der Waals surface area contributed by atoms with Gasteiger partial charge in [0.15, 0.2) is 0 Å². The number of rotatable bonds is 5. The van der Waals surface area contributed by atoms with Crippen LogP contribution in [0.3, 0.4) is 0 Å². The molecule has 0 saturated heterocycles. The normalized spacial score (nSPS) is 8.36. The van der Waals surface area contributed by atoms with E-state index in [-0.39, 0.29) is 18.0 Å². The van der Waals surface area contributed by atoms with Gasteiger partial charge in [-0.1, -0.05) is 0 Å². The molecule has 0 aromatic heterocycles. The zero-order valence-corrected chi connectivity index (χ0v) is 6.51. The maximum absolute atomic E-state index is 10.2. The van der Waals surface area contributed by atoms with Crippen LogP contribution in [0.2, 0.25) is 0 Å². The molecule has 0 saturated carbocycles. The van der Waals surface area contributed by atoms with E-state index in [0.29, 0.717) is 25.7 Å². The van der Waals surface area contributed by atoms with Crippen LogP contribution in [0, 0.1) is 0 Å². The lowest BCUT2D eigenvalue weighted by Gasteiger charge is -1.93. The van der Waals surface area contributed by atoms with Crippen LogP contribution in [0.1, 0.15) is 25.7 Å². The van der Waals surface area contributed by atoms with Crippen molar-refractivity contribution >= 4 is 11.8 Å². The molecule has 0 unspecified atom stereocenters. The minimum Gasteiger partial charge on any atom is -0.370 e. The van der Waals surface area contributed by atoms with Gasteiger partial charge in [0.2, 0.25) is 11.8 Å². The van der Waals surface area contributed by atoms with Crippen molar-refractivity contribution in [2.75, 3.05) is 0 Å². The van der Waals surface area contributed by atoms with Crippen molar-refractivity contribution in [3.63, 3.8) is 0 Å². The lowest BCUT2D eigenvalue weighted by molar-refractivity contribution is -0.119. The Morgan fingerprint density at radius 2 is 1.18 bits per heavy atom. The number of nitrogens with two attached hydrogens (primary N) is 2. The zero-order chi connectivity index (χ0) is 7.98. The summed E-state index contributed by atoms with van der Waals surface area (Å²) in [6.45, 7) is 0. The van der Waals surface area contributed by atoms with Gasteiger partial charge in [0.1, 0.15) is 0 Å². The van der Waals surface area contributed by atoms with Gasteiger partial charge in [-0.3, -0.25) is 9.59 Å². The standard InChI is InChI=1S/C6H12N2O2.H3N/c7-5(9)3-1-2-4-6(8)10;/h1-4H2,(H2,7,9)(H2,8,10);1H3. The summed E-state index contributed by atoms with van der Waals surface area (Å²) in [5, 5.41) is 0. The van der Waals surface area contributed by atoms with Gasteiger partial charge in [-0.05, 0) is 12.8 Å². The van der Waals surface area contributed by atoms with Gasteiger partial charge in [0.25, 0.3) is 0 Å². The maximum atomic E-state index is 10.2. The Morgan fingerprint density at radius 3 is 1.36 bits per heavy atom. The van der Waals surface area contributed by atoms with Crippen LogP contribution < -0.4 is 17.6 Å². The highest BCUT2D eigenvalue weighted by Gasteiger charge is 1.96. The molecular weight excluding hydrogens is 146 g/mol. The Balaban J connectivity index is 0. The highest BCUT2D eigenvalue weighted by molar-refractivity contribution is 5.74. The number of carbonyl (C=O) groups is 2. The SMILES string of the molecule is N.NC(=O)CCCCC(N)=O. The van der Waals surface area contributed by atoms with Crippen LogP contribution in [0.15, 0.2) is 0 Å². The molecule has 0 spiro atoms. The molecule has 0 rings (SSSR count). The minimum absolute atomic E-state index is 0. The predicted octanol–water partition coefficient (Wildman–Crippen LogP) is -0.321. The first-order valence-electron chi connectivity index (χ1n) is 3.19. The van der Waals surface area contributed by atoms with E-state index in [0.717, 1.165) is 0 Å². The third kappa shape index (κ3) is 12.2. The number of carbonyl (C=O) groups excluding carboxylic acids is 2. The Bertz CT molecular complexity index is 120. The van der Waals surface area contributed by atoms with E-state index in [1.807, 2.05) is 0 Å². The van der Waals surface area contributed by atoms with Gasteiger partial charge in [0.05, 0.1) is 0 Å². The van der Waals surface area contributed by atoms with Gasteiger partial charge in [-0.2, -0.15) is 0 Å². The number of primary amides is 2. The zero-order valence-electron chi connectivity index (χ0n) is 6.51. The third-order valence-electron chi connectivity index (χ3n) is 1.10. The van der Waals surface area contributed by atoms with Crippen LogP contribution in [-0.4, -0.2) is 11.8 Å². The van der Waals surface area contributed by atoms with Crippen molar-refractivity contribution in [1.29, 1.82) is 0 Å². The molecule has 0 radical (unpaired) electrons. The summed E-state index contributed by atoms with van der Waals surface area (Å²) in [6.07, 6.45) is 1.98. The maximum Gasteiger partial charge on any atom is 0.217 e. The van der Waals surface area contributed by atoms with Crippen LogP contribution in [-0.2, 0) is 9.59 Å². The second-order valence-electron chi connectivity index (χ2n) is 2.14. The summed E-state index contributed by atoms with van der Waals surface area (Å²) in [7, 11) is 0. The number of hydrogen-bond donors (Lipinski definition) is 3. The molecule has 0 heterocycles. The van der Waals surface area contributed by atoms with E-state index in [4.69, 9.17) is 11.5 Å². The molecule has 0 aliphatic carbocycles. The highest BCUT2D eigenvalue weighted by atomic mass is 16.1. The molecule has 0 aliphatic rings. The van der Waals surface area contributed by atoms with Gasteiger partial charge in [-0.25, -0.2) is 0 Å². The van der Waals surface area contributed by atoms with E-state index < -0.39 is 0 Å². The summed E-state index contributed by atoms with van der Waals surface area (Å²) in [6, 6.07) is 0. The van der Waals surface area contributed by atoms with E-state index in [1.165, 1.54) is 0 Å². The van der Waals surface area contributed by atoms with E-state index in [9.17, 15) is 9.59 Å². The minimum atomic E-state index is -0.329. The van der Waals surface area contributed by atoms with Crippen LogP contribution >= 0.6 is 0 Å². The summed E-state index contributed by atoms with van der Waals surface area (Å²) < 4.78 is 0. The Morgan fingerprint density at radius 1 is 0.909 bits per heavy atom. The van der Waals surface area contributed by atoms with Gasteiger partial charge in [-0.15, -0.1) is 0 Å². The Kier molecular flexibility index (Phi) is 8.01. The quantitative estimate of drug-likeness (QED) is 0.479. The van der Waals surface area contributed by atoms with E-state index >= 15 is 0 Å². The van der Waals surface area contributed by atoms with Crippen molar-refractivity contribution < 1.29 is 9.59 Å². The van der Waals surface area contributed by atoms with Crippen LogP contribution in [0.5, 0.6) is 0 Å². The van der Waals surface area contributed by atoms with Crippen molar-refractivity contribution in [1.82, 2.24) is 6.15 Å². The molecule has 5 nitrogen and oxygen atoms in total. The fourth-order valence-corrected chi connectivity index (χ4v) is 0.598. The van der Waals surface area contributed by atoms with Crippen molar-refractivity contribution in [3.05, 3.63) is 0 Å². The molecule has 0 fully saturated rings. The third-order valence-corrected chi connectivity index (χ3v) is 1.10. The first-order chi connectivity index (χ1) is 4.63. The summed E-state index contributed by atoms with van der Waals surface area (Å²) in [5.74, 6) is -0.658.